The number of ether oxygens (including phenoxy) is 1. The van der Waals surface area contributed by atoms with Crippen LogP contribution in [-0.2, 0) is 16.1 Å². The van der Waals surface area contributed by atoms with E-state index in [0.29, 0.717) is 24.7 Å². The second-order valence-corrected chi connectivity index (χ2v) is 5.34. The van der Waals surface area contributed by atoms with Gasteiger partial charge in [-0.3, -0.25) is 4.79 Å². The van der Waals surface area contributed by atoms with Gasteiger partial charge >= 0.3 is 0 Å². The number of morpholine rings is 1. The third-order valence-electron chi connectivity index (χ3n) is 2.69. The van der Waals surface area contributed by atoms with Gasteiger partial charge in [0.05, 0.1) is 6.61 Å². The normalized spacial score (nSPS) is 19.6. The minimum Gasteiger partial charge on any atom is -0.366 e. The molecule has 1 saturated heterocycles. The molecule has 1 amide bonds. The molecule has 18 heavy (non-hydrogen) atoms. The maximum Gasteiger partial charge on any atom is 0.250 e. The van der Waals surface area contributed by atoms with Gasteiger partial charge in [-0.1, -0.05) is 33.6 Å². The maximum atomic E-state index is 11.8. The Morgan fingerprint density at radius 1 is 1.61 bits per heavy atom. The summed E-state index contributed by atoms with van der Waals surface area (Å²) in [4.78, 5) is 11.8. The summed E-state index contributed by atoms with van der Waals surface area (Å²) in [7, 11) is 0. The Labute approximate surface area is 119 Å². The molecule has 0 spiro atoms. The van der Waals surface area contributed by atoms with Crippen molar-refractivity contribution >= 4 is 33.4 Å². The molecular formula is C12H14BrClN2O2. The van der Waals surface area contributed by atoms with Crippen LogP contribution in [0.2, 0.25) is 5.02 Å². The lowest BCUT2D eigenvalue weighted by molar-refractivity contribution is -0.134. The topological polar surface area (TPSA) is 50.4 Å². The molecule has 1 aliphatic rings. The molecular weight excluding hydrogens is 320 g/mol. The van der Waals surface area contributed by atoms with Crippen LogP contribution in [0, 0.1) is 0 Å². The monoisotopic (exact) mass is 332 g/mol. The summed E-state index contributed by atoms with van der Waals surface area (Å²) >= 11 is 9.41. The lowest BCUT2D eigenvalue weighted by Gasteiger charge is -2.22. The molecule has 2 rings (SSSR count). The number of benzene rings is 1. The van der Waals surface area contributed by atoms with E-state index < -0.39 is 6.10 Å². The van der Waals surface area contributed by atoms with Crippen molar-refractivity contribution in [2.75, 3.05) is 19.7 Å². The average molecular weight is 334 g/mol. The highest BCUT2D eigenvalue weighted by Gasteiger charge is 2.21. The predicted molar refractivity (Wildman–Crippen MR) is 73.6 cm³/mol. The van der Waals surface area contributed by atoms with Crippen LogP contribution in [0.15, 0.2) is 22.7 Å². The fourth-order valence-corrected chi connectivity index (χ4v) is 2.44. The molecule has 1 unspecified atom stereocenters. The molecule has 1 aromatic rings. The summed E-state index contributed by atoms with van der Waals surface area (Å²) in [5.74, 6) is -0.110. The summed E-state index contributed by atoms with van der Waals surface area (Å²) in [6, 6.07) is 5.58. The first-order chi connectivity index (χ1) is 8.66. The van der Waals surface area contributed by atoms with Crippen molar-refractivity contribution in [2.24, 2.45) is 0 Å². The highest BCUT2D eigenvalue weighted by molar-refractivity contribution is 9.10. The zero-order valence-electron chi connectivity index (χ0n) is 9.71. The van der Waals surface area contributed by atoms with Crippen molar-refractivity contribution in [3.8, 4) is 0 Å². The van der Waals surface area contributed by atoms with Crippen molar-refractivity contribution in [3.05, 3.63) is 33.3 Å². The van der Waals surface area contributed by atoms with E-state index in [1.54, 1.807) is 0 Å². The number of amides is 1. The van der Waals surface area contributed by atoms with Gasteiger partial charge < -0.3 is 15.4 Å². The largest absolute Gasteiger partial charge is 0.366 e. The Kier molecular flexibility index (Phi) is 5.00. The molecule has 98 valence electrons. The first-order valence-electron chi connectivity index (χ1n) is 5.71. The van der Waals surface area contributed by atoms with Gasteiger partial charge in [0.1, 0.15) is 6.10 Å². The smallest absolute Gasteiger partial charge is 0.250 e. The standard InChI is InChI=1S/C12H14BrClN2O2/c13-9-2-1-8(10(14)5-9)6-16-12(17)11-7-15-3-4-18-11/h1-2,5,11,15H,3-4,6-7H2,(H,16,17). The molecule has 1 atom stereocenters. The number of hydrogen-bond donors (Lipinski definition) is 2. The van der Waals surface area contributed by atoms with Gasteiger partial charge in [-0.15, -0.1) is 0 Å². The van der Waals surface area contributed by atoms with Crippen molar-refractivity contribution < 1.29 is 9.53 Å². The SMILES string of the molecule is O=C(NCc1ccc(Br)cc1Cl)C1CNCCO1. The van der Waals surface area contributed by atoms with Gasteiger partial charge in [-0.25, -0.2) is 0 Å². The van der Waals surface area contributed by atoms with E-state index in [1.165, 1.54) is 0 Å². The van der Waals surface area contributed by atoms with E-state index in [2.05, 4.69) is 26.6 Å². The van der Waals surface area contributed by atoms with E-state index in [9.17, 15) is 4.79 Å². The van der Waals surface area contributed by atoms with Crippen LogP contribution in [0.3, 0.4) is 0 Å². The minimum atomic E-state index is -0.409. The molecule has 0 saturated carbocycles. The molecule has 0 aliphatic carbocycles. The molecule has 1 fully saturated rings. The molecule has 0 aromatic heterocycles. The molecule has 1 aromatic carbocycles. The highest BCUT2D eigenvalue weighted by Crippen LogP contribution is 2.21. The number of halogens is 2. The molecule has 0 radical (unpaired) electrons. The Balaban J connectivity index is 1.88. The van der Waals surface area contributed by atoms with Crippen LogP contribution in [0.5, 0.6) is 0 Å². The maximum absolute atomic E-state index is 11.8. The van der Waals surface area contributed by atoms with Gasteiger partial charge in [0.15, 0.2) is 0 Å². The van der Waals surface area contributed by atoms with Gasteiger partial charge in [0.2, 0.25) is 0 Å². The van der Waals surface area contributed by atoms with Crippen LogP contribution in [-0.4, -0.2) is 31.7 Å². The fraction of sp³-hybridized carbons (Fsp3) is 0.417. The van der Waals surface area contributed by atoms with Gasteiger partial charge in [-0.2, -0.15) is 0 Å². The van der Waals surface area contributed by atoms with E-state index >= 15 is 0 Å². The molecule has 2 N–H and O–H groups in total. The second kappa shape index (κ2) is 6.52. The third-order valence-corrected chi connectivity index (χ3v) is 3.53. The predicted octanol–water partition coefficient (Wildman–Crippen LogP) is 1.71. The van der Waals surface area contributed by atoms with Gasteiger partial charge in [0, 0.05) is 29.1 Å². The lowest BCUT2D eigenvalue weighted by Crippen LogP contribution is -2.47. The van der Waals surface area contributed by atoms with Crippen LogP contribution in [0.25, 0.3) is 0 Å². The quantitative estimate of drug-likeness (QED) is 0.885. The number of carbonyl (C=O) groups excluding carboxylic acids is 1. The Morgan fingerprint density at radius 2 is 2.44 bits per heavy atom. The number of hydrogen-bond acceptors (Lipinski definition) is 3. The fourth-order valence-electron chi connectivity index (χ4n) is 1.70. The minimum absolute atomic E-state index is 0.110. The van der Waals surface area contributed by atoms with Gasteiger partial charge in [-0.05, 0) is 17.7 Å². The summed E-state index contributed by atoms with van der Waals surface area (Å²) in [5, 5.41) is 6.57. The zero-order chi connectivity index (χ0) is 13.0. The van der Waals surface area contributed by atoms with Crippen LogP contribution >= 0.6 is 27.5 Å². The first kappa shape index (κ1) is 13.8. The Bertz CT molecular complexity index is 436. The van der Waals surface area contributed by atoms with Gasteiger partial charge in [0.25, 0.3) is 5.91 Å². The molecule has 1 heterocycles. The Hall–Kier alpha value is -0.620. The van der Waals surface area contributed by atoms with Crippen molar-refractivity contribution in [2.45, 2.75) is 12.6 Å². The number of nitrogens with one attached hydrogen (secondary N) is 2. The summed E-state index contributed by atoms with van der Waals surface area (Å²) in [5.41, 5.74) is 0.886. The van der Waals surface area contributed by atoms with Crippen LogP contribution in [0.4, 0.5) is 0 Å². The summed E-state index contributed by atoms with van der Waals surface area (Å²) < 4.78 is 6.28. The molecule has 1 aliphatic heterocycles. The summed E-state index contributed by atoms with van der Waals surface area (Å²) in [6.45, 7) is 2.32. The van der Waals surface area contributed by atoms with Crippen LogP contribution < -0.4 is 10.6 Å². The average Bonchev–Trinajstić information content (AvgIpc) is 2.38. The Morgan fingerprint density at radius 3 is 3.11 bits per heavy atom. The third kappa shape index (κ3) is 3.68. The van der Waals surface area contributed by atoms with Crippen molar-refractivity contribution in [3.63, 3.8) is 0 Å². The van der Waals surface area contributed by atoms with E-state index in [4.69, 9.17) is 16.3 Å². The zero-order valence-corrected chi connectivity index (χ0v) is 12.1. The van der Waals surface area contributed by atoms with E-state index in [0.717, 1.165) is 16.6 Å². The number of carbonyl (C=O) groups is 1. The van der Waals surface area contributed by atoms with E-state index in [1.807, 2.05) is 18.2 Å². The second-order valence-electron chi connectivity index (χ2n) is 4.02. The molecule has 4 nitrogen and oxygen atoms in total. The van der Waals surface area contributed by atoms with E-state index in [-0.39, 0.29) is 5.91 Å². The lowest BCUT2D eigenvalue weighted by atomic mass is 10.2. The molecule has 0 bridgehead atoms. The molecule has 6 heteroatoms. The first-order valence-corrected chi connectivity index (χ1v) is 6.88. The van der Waals surface area contributed by atoms with Crippen LogP contribution in [0.1, 0.15) is 5.56 Å². The highest BCUT2D eigenvalue weighted by atomic mass is 79.9. The summed E-state index contributed by atoms with van der Waals surface area (Å²) in [6.07, 6.45) is -0.409. The van der Waals surface area contributed by atoms with Crippen molar-refractivity contribution in [1.82, 2.24) is 10.6 Å². The van der Waals surface area contributed by atoms with Crippen molar-refractivity contribution in [1.29, 1.82) is 0 Å². The number of rotatable bonds is 3.